The van der Waals surface area contributed by atoms with E-state index in [-0.39, 0.29) is 11.9 Å². The zero-order valence-electron chi connectivity index (χ0n) is 19.1. The smallest absolute Gasteiger partial charge is 0.310 e. The summed E-state index contributed by atoms with van der Waals surface area (Å²) < 4.78 is 5.13. The predicted octanol–water partition coefficient (Wildman–Crippen LogP) is 4.32. The van der Waals surface area contributed by atoms with Crippen molar-refractivity contribution in [2.75, 3.05) is 30.4 Å². The van der Waals surface area contributed by atoms with Gasteiger partial charge in [-0.25, -0.2) is 4.98 Å². The number of hydrogen-bond donors (Lipinski definition) is 2. The number of piperidine rings is 1. The fourth-order valence-corrected chi connectivity index (χ4v) is 5.47. The number of esters is 1. The van der Waals surface area contributed by atoms with Gasteiger partial charge < -0.3 is 15.0 Å². The van der Waals surface area contributed by atoms with Crippen LogP contribution >= 0.6 is 0 Å². The molecule has 0 radical (unpaired) electrons. The van der Waals surface area contributed by atoms with Crippen LogP contribution in [0, 0.1) is 24.7 Å². The largest absolute Gasteiger partial charge is 0.469 e. The standard InChI is InChI=1S/C24H34N6O2/c1-15-10-21(26-22-12-20(28-29-22)17-8-9-17)27-24(25-15)30-13-18(16-6-4-3-5-7-16)11-19(14-30)23(31)32-2/h10,12,16-19H,3-9,11,13-14H2,1-2H3,(H2,25,26,27,28,29)/t18-,19+/m0/s1. The summed E-state index contributed by atoms with van der Waals surface area (Å²) in [5.74, 6) is 3.78. The lowest BCUT2D eigenvalue weighted by Crippen LogP contribution is -2.46. The van der Waals surface area contributed by atoms with Gasteiger partial charge in [-0.2, -0.15) is 10.1 Å². The topological polar surface area (TPSA) is 96.0 Å². The molecule has 2 saturated carbocycles. The molecule has 0 amide bonds. The lowest BCUT2D eigenvalue weighted by atomic mass is 9.74. The maximum atomic E-state index is 12.5. The Hall–Kier alpha value is -2.64. The molecule has 3 heterocycles. The SMILES string of the molecule is COC(=O)[C@@H]1C[C@H](C2CCCCC2)CN(c2nc(C)cc(Nc3cc(C4CC4)n[nH]3)n2)C1. The second kappa shape index (κ2) is 9.08. The number of rotatable bonds is 6. The van der Waals surface area contributed by atoms with Gasteiger partial charge >= 0.3 is 5.97 Å². The van der Waals surface area contributed by atoms with E-state index >= 15 is 0 Å². The van der Waals surface area contributed by atoms with Gasteiger partial charge in [-0.15, -0.1) is 0 Å². The molecule has 3 fully saturated rings. The molecule has 2 aliphatic carbocycles. The quantitative estimate of drug-likeness (QED) is 0.648. The molecule has 0 aromatic carbocycles. The summed E-state index contributed by atoms with van der Waals surface area (Å²) in [6.45, 7) is 3.49. The number of hydrogen-bond acceptors (Lipinski definition) is 7. The number of ether oxygens (including phenoxy) is 1. The van der Waals surface area contributed by atoms with Gasteiger partial charge in [0, 0.05) is 36.8 Å². The lowest BCUT2D eigenvalue weighted by molar-refractivity contribution is -0.146. The van der Waals surface area contributed by atoms with Crippen LogP contribution in [-0.2, 0) is 9.53 Å². The molecular formula is C24H34N6O2. The van der Waals surface area contributed by atoms with Crippen molar-refractivity contribution >= 4 is 23.6 Å². The Kier molecular flexibility index (Phi) is 6.02. The summed E-state index contributed by atoms with van der Waals surface area (Å²) in [6, 6.07) is 4.02. The number of methoxy groups -OCH3 is 1. The third-order valence-electron chi connectivity index (χ3n) is 7.32. The number of aromatic amines is 1. The Morgan fingerprint density at radius 2 is 1.91 bits per heavy atom. The average molecular weight is 439 g/mol. The number of aromatic nitrogens is 4. The van der Waals surface area contributed by atoms with E-state index in [0.717, 1.165) is 36.0 Å². The summed E-state index contributed by atoms with van der Waals surface area (Å²) in [7, 11) is 1.49. The number of carbonyl (C=O) groups is 1. The predicted molar refractivity (Wildman–Crippen MR) is 123 cm³/mol. The fourth-order valence-electron chi connectivity index (χ4n) is 5.47. The Labute approximate surface area is 189 Å². The minimum absolute atomic E-state index is 0.119. The van der Waals surface area contributed by atoms with Crippen molar-refractivity contribution < 1.29 is 9.53 Å². The first-order valence-corrected chi connectivity index (χ1v) is 12.1. The Morgan fingerprint density at radius 1 is 1.09 bits per heavy atom. The molecule has 0 bridgehead atoms. The molecule has 2 N–H and O–H groups in total. The van der Waals surface area contributed by atoms with Crippen LogP contribution < -0.4 is 10.2 Å². The molecule has 1 aliphatic heterocycles. The summed E-state index contributed by atoms with van der Waals surface area (Å²) in [4.78, 5) is 24.3. The van der Waals surface area contributed by atoms with Gasteiger partial charge in [-0.3, -0.25) is 9.89 Å². The summed E-state index contributed by atoms with van der Waals surface area (Å²) >= 11 is 0. The van der Waals surface area contributed by atoms with Crippen molar-refractivity contribution in [3.8, 4) is 0 Å². The highest BCUT2D eigenvalue weighted by atomic mass is 16.5. The number of anilines is 3. The highest BCUT2D eigenvalue weighted by Crippen LogP contribution is 2.40. The summed E-state index contributed by atoms with van der Waals surface area (Å²) in [6.07, 6.45) is 9.80. The Bertz CT molecular complexity index is 950. The van der Waals surface area contributed by atoms with Gasteiger partial charge in [-0.1, -0.05) is 32.1 Å². The van der Waals surface area contributed by atoms with E-state index in [0.29, 0.717) is 30.2 Å². The lowest BCUT2D eigenvalue weighted by Gasteiger charge is -2.41. The second-order valence-corrected chi connectivity index (χ2v) is 9.82. The van der Waals surface area contributed by atoms with E-state index in [1.54, 1.807) is 0 Å². The zero-order chi connectivity index (χ0) is 22.1. The van der Waals surface area contributed by atoms with E-state index in [1.807, 2.05) is 13.0 Å². The maximum Gasteiger partial charge on any atom is 0.310 e. The van der Waals surface area contributed by atoms with E-state index in [1.165, 1.54) is 52.1 Å². The maximum absolute atomic E-state index is 12.5. The van der Waals surface area contributed by atoms with E-state index < -0.39 is 0 Å². The van der Waals surface area contributed by atoms with Gasteiger partial charge in [0.25, 0.3) is 0 Å². The van der Waals surface area contributed by atoms with Crippen LogP contribution in [0.1, 0.15) is 68.7 Å². The number of H-pyrrole nitrogens is 1. The van der Waals surface area contributed by atoms with Gasteiger partial charge in [0.1, 0.15) is 11.6 Å². The van der Waals surface area contributed by atoms with E-state index in [9.17, 15) is 4.79 Å². The molecule has 0 unspecified atom stereocenters. The van der Waals surface area contributed by atoms with Crippen LogP contribution in [0.4, 0.5) is 17.6 Å². The minimum atomic E-state index is -0.130. The van der Waals surface area contributed by atoms with Crippen LogP contribution in [-0.4, -0.2) is 46.3 Å². The second-order valence-electron chi connectivity index (χ2n) is 9.82. The van der Waals surface area contributed by atoms with Crippen LogP contribution in [0.15, 0.2) is 12.1 Å². The van der Waals surface area contributed by atoms with Gasteiger partial charge in [0.15, 0.2) is 0 Å². The molecule has 8 nitrogen and oxygen atoms in total. The summed E-state index contributed by atoms with van der Waals surface area (Å²) in [5, 5.41) is 10.9. The summed E-state index contributed by atoms with van der Waals surface area (Å²) in [5.41, 5.74) is 2.01. The van der Waals surface area contributed by atoms with Crippen LogP contribution in [0.3, 0.4) is 0 Å². The van der Waals surface area contributed by atoms with E-state index in [2.05, 4.69) is 26.5 Å². The van der Waals surface area contributed by atoms with Crippen molar-refractivity contribution in [1.29, 1.82) is 0 Å². The molecule has 5 rings (SSSR count). The van der Waals surface area contributed by atoms with Gasteiger partial charge in [0.05, 0.1) is 18.7 Å². The van der Waals surface area contributed by atoms with Crippen molar-refractivity contribution in [2.24, 2.45) is 17.8 Å². The first kappa shape index (κ1) is 21.2. The van der Waals surface area contributed by atoms with Gasteiger partial charge in [0.2, 0.25) is 5.95 Å². The molecule has 1 saturated heterocycles. The molecule has 2 aromatic heterocycles. The molecule has 2 aromatic rings. The molecule has 172 valence electrons. The third-order valence-corrected chi connectivity index (χ3v) is 7.32. The molecular weight excluding hydrogens is 404 g/mol. The molecule has 2 atom stereocenters. The van der Waals surface area contributed by atoms with Crippen LogP contribution in [0.2, 0.25) is 0 Å². The monoisotopic (exact) mass is 438 g/mol. The number of nitrogens with zero attached hydrogens (tertiary/aromatic N) is 4. The first-order valence-electron chi connectivity index (χ1n) is 12.1. The normalized spacial score (nSPS) is 24.4. The fraction of sp³-hybridized carbons (Fsp3) is 0.667. The van der Waals surface area contributed by atoms with Crippen molar-refractivity contribution in [3.05, 3.63) is 23.5 Å². The molecule has 3 aliphatic rings. The Balaban J connectivity index is 1.36. The van der Waals surface area contributed by atoms with Crippen LogP contribution in [0.25, 0.3) is 0 Å². The van der Waals surface area contributed by atoms with E-state index in [4.69, 9.17) is 14.7 Å². The van der Waals surface area contributed by atoms with Crippen molar-refractivity contribution in [2.45, 2.75) is 64.2 Å². The van der Waals surface area contributed by atoms with Gasteiger partial charge in [-0.05, 0) is 38.0 Å². The highest BCUT2D eigenvalue weighted by molar-refractivity contribution is 5.73. The third kappa shape index (κ3) is 4.74. The van der Waals surface area contributed by atoms with Crippen molar-refractivity contribution in [1.82, 2.24) is 20.2 Å². The zero-order valence-corrected chi connectivity index (χ0v) is 19.1. The van der Waals surface area contributed by atoms with Crippen LogP contribution in [0.5, 0.6) is 0 Å². The minimum Gasteiger partial charge on any atom is -0.469 e. The highest BCUT2D eigenvalue weighted by Gasteiger charge is 2.37. The first-order chi connectivity index (χ1) is 15.6. The number of carbonyl (C=O) groups excluding carboxylic acids is 1. The molecule has 8 heteroatoms. The Morgan fingerprint density at radius 3 is 2.66 bits per heavy atom. The number of nitrogens with one attached hydrogen (secondary N) is 2. The number of aryl methyl sites for hydroxylation is 1. The average Bonchev–Trinajstić information content (AvgIpc) is 3.57. The molecule has 32 heavy (non-hydrogen) atoms. The van der Waals surface area contributed by atoms with Crippen molar-refractivity contribution in [3.63, 3.8) is 0 Å². The molecule has 0 spiro atoms.